The van der Waals surface area contributed by atoms with Gasteiger partial charge in [-0.2, -0.15) is 4.98 Å². The molecule has 1 N–H and O–H groups in total. The van der Waals surface area contributed by atoms with Crippen molar-refractivity contribution in [3.05, 3.63) is 11.7 Å². The van der Waals surface area contributed by atoms with E-state index in [1.165, 1.54) is 0 Å². The van der Waals surface area contributed by atoms with Gasteiger partial charge in [0.05, 0.1) is 18.1 Å². The van der Waals surface area contributed by atoms with Crippen LogP contribution in [0.2, 0.25) is 0 Å². The summed E-state index contributed by atoms with van der Waals surface area (Å²) in [6, 6.07) is -0.128. The highest BCUT2D eigenvalue weighted by atomic mass is 32.2. The first kappa shape index (κ1) is 13.4. The zero-order valence-corrected chi connectivity index (χ0v) is 11.4. The molecule has 2 rings (SSSR count). The largest absolute Gasteiger partial charge is 0.339 e. The average Bonchev–Trinajstić information content (AvgIpc) is 2.62. The number of aromatic nitrogens is 2. The number of hydrogen-bond donors (Lipinski definition) is 1. The monoisotopic (exact) mass is 274 g/mol. The Morgan fingerprint density at radius 1 is 1.50 bits per heavy atom. The fourth-order valence-corrected chi connectivity index (χ4v) is 3.37. The van der Waals surface area contributed by atoms with E-state index >= 15 is 0 Å². The SMILES string of the molecule is CN(C)Cc1noc(CC2CS(=O)(=O)CCN2)n1. The zero-order chi connectivity index (χ0) is 13.2. The second kappa shape index (κ2) is 5.33. The van der Waals surface area contributed by atoms with Crippen molar-refractivity contribution < 1.29 is 12.9 Å². The normalized spacial score (nSPS) is 23.4. The lowest BCUT2D eigenvalue weighted by atomic mass is 10.2. The van der Waals surface area contributed by atoms with Crippen LogP contribution < -0.4 is 5.32 Å². The van der Waals surface area contributed by atoms with E-state index in [2.05, 4.69) is 15.5 Å². The maximum atomic E-state index is 11.5. The van der Waals surface area contributed by atoms with E-state index in [1.54, 1.807) is 0 Å². The van der Waals surface area contributed by atoms with E-state index in [4.69, 9.17) is 4.52 Å². The molecule has 1 aromatic rings. The molecule has 0 spiro atoms. The fraction of sp³-hybridized carbons (Fsp3) is 0.800. The molecular formula is C10H18N4O3S. The van der Waals surface area contributed by atoms with Gasteiger partial charge in [0.15, 0.2) is 15.7 Å². The minimum Gasteiger partial charge on any atom is -0.339 e. The molecule has 1 aliphatic rings. The quantitative estimate of drug-likeness (QED) is 0.758. The van der Waals surface area contributed by atoms with Crippen LogP contribution >= 0.6 is 0 Å². The molecule has 7 nitrogen and oxygen atoms in total. The van der Waals surface area contributed by atoms with Crippen LogP contribution in [0.15, 0.2) is 4.52 Å². The summed E-state index contributed by atoms with van der Waals surface area (Å²) in [5.74, 6) is 1.45. The van der Waals surface area contributed by atoms with Crippen LogP contribution in [-0.4, -0.2) is 61.6 Å². The molecule has 1 aromatic heterocycles. The lowest BCUT2D eigenvalue weighted by Gasteiger charge is -2.21. The number of hydrogen-bond acceptors (Lipinski definition) is 7. The smallest absolute Gasteiger partial charge is 0.228 e. The van der Waals surface area contributed by atoms with Crippen molar-refractivity contribution in [1.82, 2.24) is 20.4 Å². The van der Waals surface area contributed by atoms with E-state index in [9.17, 15) is 8.42 Å². The van der Waals surface area contributed by atoms with Gasteiger partial charge in [0, 0.05) is 19.0 Å². The molecule has 1 unspecified atom stereocenters. The van der Waals surface area contributed by atoms with E-state index < -0.39 is 9.84 Å². The molecule has 1 fully saturated rings. The summed E-state index contributed by atoms with van der Waals surface area (Å²) in [6.07, 6.45) is 0.458. The van der Waals surface area contributed by atoms with Crippen molar-refractivity contribution in [2.24, 2.45) is 0 Å². The third-order valence-electron chi connectivity index (χ3n) is 2.69. The lowest BCUT2D eigenvalue weighted by Crippen LogP contribution is -2.46. The summed E-state index contributed by atoms with van der Waals surface area (Å²) in [5.41, 5.74) is 0. The molecule has 0 aliphatic carbocycles. The molecule has 1 aliphatic heterocycles. The van der Waals surface area contributed by atoms with Crippen LogP contribution in [0, 0.1) is 0 Å². The Morgan fingerprint density at radius 2 is 2.28 bits per heavy atom. The van der Waals surface area contributed by atoms with Crippen molar-refractivity contribution in [2.75, 3.05) is 32.1 Å². The van der Waals surface area contributed by atoms with E-state index in [0.29, 0.717) is 31.2 Å². The first-order chi connectivity index (χ1) is 8.44. The number of sulfone groups is 1. The Balaban J connectivity index is 1.95. The van der Waals surface area contributed by atoms with Crippen molar-refractivity contribution in [3.8, 4) is 0 Å². The van der Waals surface area contributed by atoms with Gasteiger partial charge in [-0.3, -0.25) is 0 Å². The average molecular weight is 274 g/mol. The zero-order valence-electron chi connectivity index (χ0n) is 10.6. The highest BCUT2D eigenvalue weighted by molar-refractivity contribution is 7.91. The van der Waals surface area contributed by atoms with Gasteiger partial charge >= 0.3 is 0 Å². The van der Waals surface area contributed by atoms with Crippen LogP contribution in [0.3, 0.4) is 0 Å². The van der Waals surface area contributed by atoms with Gasteiger partial charge in [0.1, 0.15) is 0 Å². The van der Waals surface area contributed by atoms with E-state index in [1.807, 2.05) is 19.0 Å². The second-order valence-electron chi connectivity index (χ2n) is 4.81. The Kier molecular flexibility index (Phi) is 3.98. The van der Waals surface area contributed by atoms with Crippen LogP contribution in [0.1, 0.15) is 11.7 Å². The molecule has 0 amide bonds. The minimum atomic E-state index is -2.92. The summed E-state index contributed by atoms with van der Waals surface area (Å²) in [7, 11) is 0.919. The van der Waals surface area contributed by atoms with Crippen molar-refractivity contribution in [3.63, 3.8) is 0 Å². The van der Waals surface area contributed by atoms with Crippen molar-refractivity contribution in [1.29, 1.82) is 0 Å². The maximum Gasteiger partial charge on any atom is 0.228 e. The molecular weight excluding hydrogens is 256 g/mol. The number of nitrogens with zero attached hydrogens (tertiary/aromatic N) is 3. The second-order valence-corrected chi connectivity index (χ2v) is 7.04. The highest BCUT2D eigenvalue weighted by Crippen LogP contribution is 2.08. The van der Waals surface area contributed by atoms with Crippen LogP contribution in [-0.2, 0) is 22.8 Å². The summed E-state index contributed by atoms with van der Waals surface area (Å²) in [5, 5.41) is 7.01. The first-order valence-electron chi connectivity index (χ1n) is 5.84. The molecule has 102 valence electrons. The van der Waals surface area contributed by atoms with Gasteiger partial charge in [-0.25, -0.2) is 8.42 Å². The van der Waals surface area contributed by atoms with Crippen molar-refractivity contribution >= 4 is 9.84 Å². The van der Waals surface area contributed by atoms with Crippen LogP contribution in [0.5, 0.6) is 0 Å². The van der Waals surface area contributed by atoms with Gasteiger partial charge in [0.2, 0.25) is 5.89 Å². The predicted molar refractivity (Wildman–Crippen MR) is 65.8 cm³/mol. The summed E-state index contributed by atoms with van der Waals surface area (Å²) >= 11 is 0. The Labute approximate surface area is 106 Å². The maximum absolute atomic E-state index is 11.5. The van der Waals surface area contributed by atoms with E-state index in [0.717, 1.165) is 0 Å². The Hall–Kier alpha value is -0.990. The third-order valence-corrected chi connectivity index (χ3v) is 4.43. The van der Waals surface area contributed by atoms with Gasteiger partial charge in [-0.1, -0.05) is 5.16 Å². The fourth-order valence-electron chi connectivity index (χ4n) is 1.93. The van der Waals surface area contributed by atoms with Crippen LogP contribution in [0.25, 0.3) is 0 Å². The molecule has 0 radical (unpaired) electrons. The first-order valence-corrected chi connectivity index (χ1v) is 7.67. The third kappa shape index (κ3) is 3.76. The minimum absolute atomic E-state index is 0.128. The molecule has 8 heteroatoms. The summed E-state index contributed by atoms with van der Waals surface area (Å²) in [6.45, 7) is 1.10. The van der Waals surface area contributed by atoms with Gasteiger partial charge in [0.25, 0.3) is 0 Å². The predicted octanol–water partition coefficient (Wildman–Crippen LogP) is -0.940. The Bertz CT molecular complexity index is 497. The van der Waals surface area contributed by atoms with Gasteiger partial charge in [-0.05, 0) is 14.1 Å². The number of nitrogens with one attached hydrogen (secondary N) is 1. The molecule has 0 aromatic carbocycles. The lowest BCUT2D eigenvalue weighted by molar-refractivity contribution is 0.341. The number of rotatable bonds is 4. The van der Waals surface area contributed by atoms with E-state index in [-0.39, 0.29) is 17.5 Å². The topological polar surface area (TPSA) is 88.3 Å². The van der Waals surface area contributed by atoms with Crippen molar-refractivity contribution in [2.45, 2.75) is 19.0 Å². The molecule has 0 saturated carbocycles. The molecule has 2 heterocycles. The standard InChI is InChI=1S/C10H18N4O3S/c1-14(2)6-9-12-10(17-13-9)5-8-7-18(15,16)4-3-11-8/h8,11H,3-7H2,1-2H3. The van der Waals surface area contributed by atoms with Gasteiger partial charge in [-0.15, -0.1) is 0 Å². The van der Waals surface area contributed by atoms with Gasteiger partial charge < -0.3 is 14.7 Å². The summed E-state index contributed by atoms with van der Waals surface area (Å²) in [4.78, 5) is 6.18. The molecule has 0 bridgehead atoms. The van der Waals surface area contributed by atoms with Crippen LogP contribution in [0.4, 0.5) is 0 Å². The molecule has 1 atom stereocenters. The molecule has 18 heavy (non-hydrogen) atoms. The Morgan fingerprint density at radius 3 is 2.94 bits per heavy atom. The molecule has 1 saturated heterocycles. The summed E-state index contributed by atoms with van der Waals surface area (Å²) < 4.78 is 28.1. The highest BCUT2D eigenvalue weighted by Gasteiger charge is 2.26.